The van der Waals surface area contributed by atoms with Crippen LogP contribution in [0, 0.1) is 0 Å². The summed E-state index contributed by atoms with van der Waals surface area (Å²) >= 11 is 0. The van der Waals surface area contributed by atoms with Crippen molar-refractivity contribution in [3.8, 4) is 0 Å². The van der Waals surface area contributed by atoms with Crippen molar-refractivity contribution in [3.05, 3.63) is 23.8 Å². The van der Waals surface area contributed by atoms with E-state index in [9.17, 15) is 9.90 Å². The van der Waals surface area contributed by atoms with Crippen LogP contribution >= 0.6 is 0 Å². The van der Waals surface area contributed by atoms with E-state index in [0.29, 0.717) is 6.61 Å². The van der Waals surface area contributed by atoms with E-state index in [1.165, 1.54) is 6.92 Å². The lowest BCUT2D eigenvalue weighted by Gasteiger charge is -2.09. The first kappa shape index (κ1) is 13.9. The van der Waals surface area contributed by atoms with Crippen molar-refractivity contribution in [2.45, 2.75) is 39.7 Å². The largest absolute Gasteiger partial charge is 0.462 e. The standard InChI is InChI=1S/C12H20O3/c1-10(7-9-15-11(2)13)6-5-8-12(3,4)14/h5,7-8,14H,6,9H2,1-4H3. The minimum absolute atomic E-state index is 0.272. The van der Waals surface area contributed by atoms with Gasteiger partial charge in [-0.25, -0.2) is 0 Å². The zero-order valence-corrected chi connectivity index (χ0v) is 9.91. The zero-order chi connectivity index (χ0) is 11.9. The predicted octanol–water partition coefficient (Wildman–Crippen LogP) is 2.21. The third-order valence-electron chi connectivity index (χ3n) is 1.68. The van der Waals surface area contributed by atoms with Gasteiger partial charge >= 0.3 is 5.97 Å². The molecule has 0 aromatic rings. The molecule has 0 heterocycles. The average Bonchev–Trinajstić information content (AvgIpc) is 2.00. The number of ether oxygens (including phenoxy) is 1. The third-order valence-corrected chi connectivity index (χ3v) is 1.68. The Morgan fingerprint density at radius 1 is 1.40 bits per heavy atom. The summed E-state index contributed by atoms with van der Waals surface area (Å²) in [6.07, 6.45) is 6.26. The molecule has 0 radical (unpaired) electrons. The summed E-state index contributed by atoms with van der Waals surface area (Å²) in [7, 11) is 0. The first-order valence-electron chi connectivity index (χ1n) is 5.00. The normalized spacial score (nSPS) is 13.3. The van der Waals surface area contributed by atoms with Crippen LogP contribution in [0.4, 0.5) is 0 Å². The highest BCUT2D eigenvalue weighted by Crippen LogP contribution is 2.06. The third kappa shape index (κ3) is 10.8. The molecule has 1 N–H and O–H groups in total. The second-order valence-corrected chi connectivity index (χ2v) is 4.11. The molecule has 3 nitrogen and oxygen atoms in total. The van der Waals surface area contributed by atoms with Crippen LogP contribution in [-0.4, -0.2) is 23.3 Å². The van der Waals surface area contributed by atoms with Crippen molar-refractivity contribution in [3.63, 3.8) is 0 Å². The van der Waals surface area contributed by atoms with Gasteiger partial charge in [0.2, 0.25) is 0 Å². The van der Waals surface area contributed by atoms with E-state index < -0.39 is 5.60 Å². The van der Waals surface area contributed by atoms with Gasteiger partial charge < -0.3 is 9.84 Å². The maximum Gasteiger partial charge on any atom is 0.302 e. The molecule has 0 atom stereocenters. The minimum Gasteiger partial charge on any atom is -0.462 e. The van der Waals surface area contributed by atoms with Gasteiger partial charge in [0.05, 0.1) is 5.60 Å². The van der Waals surface area contributed by atoms with E-state index in [1.54, 1.807) is 19.9 Å². The topological polar surface area (TPSA) is 46.5 Å². The summed E-state index contributed by atoms with van der Waals surface area (Å²) in [5.74, 6) is -0.272. The molecule has 0 aliphatic heterocycles. The quantitative estimate of drug-likeness (QED) is 0.561. The molecule has 0 aromatic heterocycles. The molecule has 86 valence electrons. The number of carbonyl (C=O) groups is 1. The van der Waals surface area contributed by atoms with E-state index >= 15 is 0 Å². The Kier molecular flexibility index (Phi) is 5.94. The summed E-state index contributed by atoms with van der Waals surface area (Å²) in [6, 6.07) is 0. The number of rotatable bonds is 5. The van der Waals surface area contributed by atoms with Gasteiger partial charge in [-0.2, -0.15) is 0 Å². The molecule has 0 aromatic carbocycles. The van der Waals surface area contributed by atoms with Crippen molar-refractivity contribution < 1.29 is 14.6 Å². The zero-order valence-electron chi connectivity index (χ0n) is 9.91. The summed E-state index contributed by atoms with van der Waals surface area (Å²) in [5, 5.41) is 9.40. The van der Waals surface area contributed by atoms with Crippen LogP contribution in [-0.2, 0) is 9.53 Å². The predicted molar refractivity (Wildman–Crippen MR) is 60.4 cm³/mol. The monoisotopic (exact) mass is 212 g/mol. The van der Waals surface area contributed by atoms with E-state index in [4.69, 9.17) is 4.74 Å². The molecule has 0 saturated carbocycles. The fourth-order valence-electron chi connectivity index (χ4n) is 0.918. The first-order chi connectivity index (χ1) is 6.81. The number of carbonyl (C=O) groups excluding carboxylic acids is 1. The van der Waals surface area contributed by atoms with Crippen LogP contribution in [0.15, 0.2) is 23.8 Å². The van der Waals surface area contributed by atoms with Crippen molar-refractivity contribution in [2.75, 3.05) is 6.61 Å². The van der Waals surface area contributed by atoms with Crippen LogP contribution < -0.4 is 0 Å². The fourth-order valence-corrected chi connectivity index (χ4v) is 0.918. The van der Waals surface area contributed by atoms with Crippen LogP contribution in [0.25, 0.3) is 0 Å². The molecule has 3 heteroatoms. The summed E-state index contributed by atoms with van der Waals surface area (Å²) in [6.45, 7) is 7.11. The van der Waals surface area contributed by atoms with Gasteiger partial charge in [-0.05, 0) is 33.3 Å². The van der Waals surface area contributed by atoms with Crippen molar-refractivity contribution in [2.24, 2.45) is 0 Å². The van der Waals surface area contributed by atoms with E-state index in [2.05, 4.69) is 0 Å². The second-order valence-electron chi connectivity index (χ2n) is 4.11. The van der Waals surface area contributed by atoms with E-state index in [-0.39, 0.29) is 5.97 Å². The Morgan fingerprint density at radius 2 is 2.00 bits per heavy atom. The maximum atomic E-state index is 10.5. The lowest BCUT2D eigenvalue weighted by molar-refractivity contribution is -0.139. The Labute approximate surface area is 91.4 Å². The van der Waals surface area contributed by atoms with Gasteiger partial charge in [0.1, 0.15) is 6.61 Å². The molecular weight excluding hydrogens is 192 g/mol. The van der Waals surface area contributed by atoms with Crippen LogP contribution in [0.2, 0.25) is 0 Å². The van der Waals surface area contributed by atoms with Crippen molar-refractivity contribution in [1.82, 2.24) is 0 Å². The summed E-state index contributed by atoms with van der Waals surface area (Å²) < 4.78 is 4.77. The maximum absolute atomic E-state index is 10.5. The summed E-state index contributed by atoms with van der Waals surface area (Å²) in [4.78, 5) is 10.5. The molecule has 0 unspecified atom stereocenters. The van der Waals surface area contributed by atoms with Gasteiger partial charge in [0.15, 0.2) is 0 Å². The highest BCUT2D eigenvalue weighted by atomic mass is 16.5. The number of allylic oxidation sites excluding steroid dienone is 2. The fraction of sp³-hybridized carbons (Fsp3) is 0.583. The van der Waals surface area contributed by atoms with Gasteiger partial charge in [0, 0.05) is 6.92 Å². The SMILES string of the molecule is CC(=O)OCC=C(C)CC=CC(C)(C)O. The van der Waals surface area contributed by atoms with E-state index in [0.717, 1.165) is 12.0 Å². The van der Waals surface area contributed by atoms with Gasteiger partial charge in [0.25, 0.3) is 0 Å². The van der Waals surface area contributed by atoms with Crippen molar-refractivity contribution in [1.29, 1.82) is 0 Å². The number of hydrogen-bond donors (Lipinski definition) is 1. The van der Waals surface area contributed by atoms with Gasteiger partial charge in [-0.1, -0.05) is 17.7 Å². The Hall–Kier alpha value is -1.09. The summed E-state index contributed by atoms with van der Waals surface area (Å²) in [5.41, 5.74) is 0.340. The van der Waals surface area contributed by atoms with Crippen molar-refractivity contribution >= 4 is 5.97 Å². The highest BCUT2D eigenvalue weighted by molar-refractivity contribution is 5.66. The molecule has 0 spiro atoms. The molecule has 0 bridgehead atoms. The molecule has 0 rings (SSSR count). The van der Waals surface area contributed by atoms with Crippen LogP contribution in [0.5, 0.6) is 0 Å². The molecular formula is C12H20O3. The Balaban J connectivity index is 3.88. The highest BCUT2D eigenvalue weighted by Gasteiger charge is 2.04. The van der Waals surface area contributed by atoms with Crippen LogP contribution in [0.1, 0.15) is 34.1 Å². The van der Waals surface area contributed by atoms with Crippen LogP contribution in [0.3, 0.4) is 0 Å². The number of hydrogen-bond acceptors (Lipinski definition) is 3. The molecule has 0 amide bonds. The average molecular weight is 212 g/mol. The van der Waals surface area contributed by atoms with Gasteiger partial charge in [-0.15, -0.1) is 0 Å². The molecule has 0 fully saturated rings. The lowest BCUT2D eigenvalue weighted by Crippen LogP contribution is -2.13. The Morgan fingerprint density at radius 3 is 2.47 bits per heavy atom. The minimum atomic E-state index is -0.768. The molecule has 0 aliphatic rings. The molecule has 15 heavy (non-hydrogen) atoms. The first-order valence-corrected chi connectivity index (χ1v) is 5.00. The van der Waals surface area contributed by atoms with Gasteiger partial charge in [-0.3, -0.25) is 4.79 Å². The second kappa shape index (κ2) is 6.40. The molecule has 0 aliphatic carbocycles. The number of aliphatic hydroxyl groups is 1. The van der Waals surface area contributed by atoms with E-state index in [1.807, 2.05) is 19.1 Å². The Bertz CT molecular complexity index is 257. The lowest BCUT2D eigenvalue weighted by atomic mass is 10.1. The molecule has 0 saturated heterocycles. The number of esters is 1. The smallest absolute Gasteiger partial charge is 0.302 e.